The molecule has 104 valence electrons. The minimum Gasteiger partial charge on any atom is -0.207 e. The van der Waals surface area contributed by atoms with Crippen molar-refractivity contribution in [1.82, 2.24) is 4.72 Å². The summed E-state index contributed by atoms with van der Waals surface area (Å²) in [5.41, 5.74) is 1.57. The van der Waals surface area contributed by atoms with Crippen LogP contribution in [0.1, 0.15) is 24.0 Å². The SMILES string of the molecule is Cc1cccc(S(=O)(=O)NC2(c3ccccc3)CC2)c1. The Morgan fingerprint density at radius 2 is 1.70 bits per heavy atom. The average Bonchev–Trinajstić information content (AvgIpc) is 3.20. The van der Waals surface area contributed by atoms with Crippen molar-refractivity contribution >= 4 is 10.0 Å². The van der Waals surface area contributed by atoms with Gasteiger partial charge in [0.25, 0.3) is 0 Å². The zero-order valence-electron chi connectivity index (χ0n) is 11.3. The van der Waals surface area contributed by atoms with Crippen LogP contribution in [0.5, 0.6) is 0 Å². The fourth-order valence-electron chi connectivity index (χ4n) is 2.43. The van der Waals surface area contributed by atoms with Gasteiger partial charge in [-0.1, -0.05) is 42.5 Å². The van der Waals surface area contributed by atoms with Gasteiger partial charge in [0, 0.05) is 0 Å². The lowest BCUT2D eigenvalue weighted by atomic mass is 10.1. The summed E-state index contributed by atoms with van der Waals surface area (Å²) < 4.78 is 27.9. The smallest absolute Gasteiger partial charge is 0.207 e. The molecule has 1 N–H and O–H groups in total. The summed E-state index contributed by atoms with van der Waals surface area (Å²) in [6.07, 6.45) is 1.70. The van der Waals surface area contributed by atoms with Gasteiger partial charge < -0.3 is 0 Å². The normalized spacial score (nSPS) is 16.9. The highest BCUT2D eigenvalue weighted by molar-refractivity contribution is 7.89. The Hall–Kier alpha value is -1.65. The third-order valence-electron chi connectivity index (χ3n) is 3.71. The molecule has 3 nitrogen and oxygen atoms in total. The predicted molar refractivity (Wildman–Crippen MR) is 78.9 cm³/mol. The third-order valence-corrected chi connectivity index (χ3v) is 5.24. The van der Waals surface area contributed by atoms with Crippen LogP contribution in [-0.4, -0.2) is 8.42 Å². The van der Waals surface area contributed by atoms with Gasteiger partial charge in [-0.3, -0.25) is 0 Å². The zero-order valence-corrected chi connectivity index (χ0v) is 12.2. The molecule has 0 aromatic heterocycles. The molecular weight excluding hydrogens is 270 g/mol. The van der Waals surface area contributed by atoms with E-state index in [-0.39, 0.29) is 0 Å². The van der Waals surface area contributed by atoms with E-state index in [1.807, 2.05) is 43.3 Å². The van der Waals surface area contributed by atoms with Crippen LogP contribution in [0.25, 0.3) is 0 Å². The van der Waals surface area contributed by atoms with Crippen LogP contribution in [0.3, 0.4) is 0 Å². The number of sulfonamides is 1. The van der Waals surface area contributed by atoms with Crippen molar-refractivity contribution in [2.75, 3.05) is 0 Å². The van der Waals surface area contributed by atoms with E-state index in [0.29, 0.717) is 4.90 Å². The van der Waals surface area contributed by atoms with Crippen molar-refractivity contribution in [3.63, 3.8) is 0 Å². The summed E-state index contributed by atoms with van der Waals surface area (Å²) in [5, 5.41) is 0. The second-order valence-corrected chi connectivity index (χ2v) is 7.05. The van der Waals surface area contributed by atoms with Crippen LogP contribution < -0.4 is 4.72 Å². The Morgan fingerprint density at radius 3 is 2.30 bits per heavy atom. The fraction of sp³-hybridized carbons (Fsp3) is 0.250. The van der Waals surface area contributed by atoms with Crippen molar-refractivity contribution in [2.45, 2.75) is 30.2 Å². The van der Waals surface area contributed by atoms with Crippen LogP contribution >= 0.6 is 0 Å². The van der Waals surface area contributed by atoms with Crippen molar-refractivity contribution < 1.29 is 8.42 Å². The third kappa shape index (κ3) is 2.49. The first-order valence-corrected chi connectivity index (χ1v) is 8.16. The Bertz CT molecular complexity index is 719. The molecule has 0 spiro atoms. The number of benzene rings is 2. The van der Waals surface area contributed by atoms with Gasteiger partial charge in [-0.05, 0) is 43.0 Å². The summed E-state index contributed by atoms with van der Waals surface area (Å²) in [6.45, 7) is 1.89. The maximum atomic E-state index is 12.5. The lowest BCUT2D eigenvalue weighted by Gasteiger charge is -2.18. The first-order chi connectivity index (χ1) is 9.52. The van der Waals surface area contributed by atoms with E-state index in [1.165, 1.54) is 0 Å². The summed E-state index contributed by atoms with van der Waals surface area (Å²) >= 11 is 0. The second-order valence-electron chi connectivity index (χ2n) is 5.37. The molecule has 0 heterocycles. The number of hydrogen-bond acceptors (Lipinski definition) is 2. The summed E-state index contributed by atoms with van der Waals surface area (Å²) in [7, 11) is -3.48. The Labute approximate surface area is 119 Å². The molecule has 20 heavy (non-hydrogen) atoms. The van der Waals surface area contributed by atoms with Crippen LogP contribution in [0.2, 0.25) is 0 Å². The standard InChI is InChI=1S/C16H17NO2S/c1-13-6-5-9-15(12-13)20(18,19)17-16(10-11-16)14-7-3-2-4-8-14/h2-9,12,17H,10-11H2,1H3. The molecule has 2 aromatic rings. The van der Waals surface area contributed by atoms with Gasteiger partial charge in [-0.2, -0.15) is 0 Å². The largest absolute Gasteiger partial charge is 0.241 e. The summed E-state index contributed by atoms with van der Waals surface area (Å²) in [6, 6.07) is 16.8. The topological polar surface area (TPSA) is 46.2 Å². The quantitative estimate of drug-likeness (QED) is 0.939. The average molecular weight is 287 g/mol. The maximum absolute atomic E-state index is 12.5. The molecule has 0 atom stereocenters. The van der Waals surface area contributed by atoms with E-state index in [0.717, 1.165) is 24.0 Å². The molecule has 4 heteroatoms. The van der Waals surface area contributed by atoms with Gasteiger partial charge >= 0.3 is 0 Å². The molecule has 1 fully saturated rings. The molecule has 0 saturated heterocycles. The molecule has 0 radical (unpaired) electrons. The van der Waals surface area contributed by atoms with Gasteiger partial charge in [0.1, 0.15) is 0 Å². The second kappa shape index (κ2) is 4.72. The summed E-state index contributed by atoms with van der Waals surface area (Å²) in [4.78, 5) is 0.333. The zero-order chi connectivity index (χ0) is 14.2. The molecule has 2 aromatic carbocycles. The van der Waals surface area contributed by atoms with Crippen molar-refractivity contribution in [2.24, 2.45) is 0 Å². The highest BCUT2D eigenvalue weighted by Gasteiger charge is 2.47. The lowest BCUT2D eigenvalue weighted by Crippen LogP contribution is -2.34. The molecule has 0 unspecified atom stereocenters. The first kappa shape index (κ1) is 13.3. The Morgan fingerprint density at radius 1 is 1.00 bits per heavy atom. The van der Waals surface area contributed by atoms with Gasteiger partial charge in [-0.25, -0.2) is 13.1 Å². The van der Waals surface area contributed by atoms with Crippen LogP contribution in [0.4, 0.5) is 0 Å². The predicted octanol–water partition coefficient (Wildman–Crippen LogP) is 2.96. The van der Waals surface area contributed by atoms with E-state index < -0.39 is 15.6 Å². The monoisotopic (exact) mass is 287 g/mol. The van der Waals surface area contributed by atoms with E-state index >= 15 is 0 Å². The highest BCUT2D eigenvalue weighted by Crippen LogP contribution is 2.46. The molecule has 1 aliphatic rings. The van der Waals surface area contributed by atoms with Crippen LogP contribution in [-0.2, 0) is 15.6 Å². The molecule has 1 aliphatic carbocycles. The molecule has 0 bridgehead atoms. The molecular formula is C16H17NO2S. The van der Waals surface area contributed by atoms with Gasteiger partial charge in [0.15, 0.2) is 0 Å². The highest BCUT2D eigenvalue weighted by atomic mass is 32.2. The first-order valence-electron chi connectivity index (χ1n) is 6.68. The van der Waals surface area contributed by atoms with Crippen molar-refractivity contribution in [3.05, 3.63) is 65.7 Å². The van der Waals surface area contributed by atoms with Crippen LogP contribution in [0, 0.1) is 6.92 Å². The van der Waals surface area contributed by atoms with Gasteiger partial charge in [0.05, 0.1) is 10.4 Å². The Kier molecular flexibility index (Phi) is 3.15. The molecule has 3 rings (SSSR count). The Balaban J connectivity index is 1.91. The molecule has 1 saturated carbocycles. The molecule has 0 amide bonds. The van der Waals surface area contributed by atoms with E-state index in [2.05, 4.69) is 4.72 Å². The number of nitrogens with one attached hydrogen (secondary N) is 1. The number of hydrogen-bond donors (Lipinski definition) is 1. The van der Waals surface area contributed by atoms with Gasteiger partial charge in [0.2, 0.25) is 10.0 Å². The lowest BCUT2D eigenvalue weighted by molar-refractivity contribution is 0.551. The van der Waals surface area contributed by atoms with E-state index in [1.54, 1.807) is 18.2 Å². The number of aryl methyl sites for hydroxylation is 1. The minimum absolute atomic E-state index is 0.333. The van der Waals surface area contributed by atoms with Crippen molar-refractivity contribution in [3.8, 4) is 0 Å². The number of rotatable bonds is 4. The van der Waals surface area contributed by atoms with Crippen molar-refractivity contribution in [1.29, 1.82) is 0 Å². The van der Waals surface area contributed by atoms with Gasteiger partial charge in [-0.15, -0.1) is 0 Å². The van der Waals surface area contributed by atoms with E-state index in [4.69, 9.17) is 0 Å². The maximum Gasteiger partial charge on any atom is 0.241 e. The summed E-state index contributed by atoms with van der Waals surface area (Å²) in [5.74, 6) is 0. The minimum atomic E-state index is -3.48. The molecule has 0 aliphatic heterocycles. The van der Waals surface area contributed by atoms with E-state index in [9.17, 15) is 8.42 Å². The van der Waals surface area contributed by atoms with Crippen LogP contribution in [0.15, 0.2) is 59.5 Å². The fourth-order valence-corrected chi connectivity index (χ4v) is 3.98.